The maximum absolute atomic E-state index is 6.09. The number of ether oxygens (including phenoxy) is 1. The largest absolute Gasteiger partial charge is 0.493 e. The van der Waals surface area contributed by atoms with E-state index in [9.17, 15) is 0 Å². The minimum atomic E-state index is -1.60. The van der Waals surface area contributed by atoms with E-state index in [0.29, 0.717) is 28.6 Å². The number of aromatic nitrogens is 1. The summed E-state index contributed by atoms with van der Waals surface area (Å²) in [5.41, 5.74) is 1.02. The summed E-state index contributed by atoms with van der Waals surface area (Å²) in [6.07, 6.45) is 0.912. The van der Waals surface area contributed by atoms with Gasteiger partial charge in [0.05, 0.1) is 17.8 Å². The standard InChI is InChI=1S/C17H20Cl4N2O/c1-3-23(4-2)8-5-9-24-15-11-16(17(19,20)21)22-14-7-6-12(18)10-13(14)15/h6-7,10-11H,3-5,8-9H2,1-2H3. The first-order valence-corrected chi connectivity index (χ1v) is 9.39. The molecule has 2 rings (SSSR count). The summed E-state index contributed by atoms with van der Waals surface area (Å²) in [6, 6.07) is 7.03. The van der Waals surface area contributed by atoms with Crippen molar-refractivity contribution in [2.24, 2.45) is 0 Å². The van der Waals surface area contributed by atoms with Gasteiger partial charge in [-0.3, -0.25) is 0 Å². The molecule has 0 radical (unpaired) electrons. The van der Waals surface area contributed by atoms with E-state index in [1.165, 1.54) is 0 Å². The van der Waals surface area contributed by atoms with Gasteiger partial charge in [-0.25, -0.2) is 4.98 Å². The molecule has 0 N–H and O–H groups in total. The molecular formula is C17H20Cl4N2O. The molecule has 0 aliphatic rings. The molecule has 0 amide bonds. The summed E-state index contributed by atoms with van der Waals surface area (Å²) in [6.45, 7) is 7.91. The van der Waals surface area contributed by atoms with Crippen molar-refractivity contribution in [3.05, 3.63) is 35.0 Å². The highest BCUT2D eigenvalue weighted by Crippen LogP contribution is 2.40. The molecule has 0 saturated carbocycles. The van der Waals surface area contributed by atoms with Crippen LogP contribution in [0.15, 0.2) is 24.3 Å². The van der Waals surface area contributed by atoms with E-state index in [-0.39, 0.29) is 0 Å². The van der Waals surface area contributed by atoms with Crippen molar-refractivity contribution in [2.75, 3.05) is 26.2 Å². The molecule has 1 heterocycles. The lowest BCUT2D eigenvalue weighted by atomic mass is 10.2. The SMILES string of the molecule is CCN(CC)CCCOc1cc(C(Cl)(Cl)Cl)nc2ccc(Cl)cc12. The maximum atomic E-state index is 6.09. The van der Waals surface area contributed by atoms with Crippen LogP contribution >= 0.6 is 46.4 Å². The maximum Gasteiger partial charge on any atom is 0.232 e. The molecule has 0 saturated heterocycles. The Balaban J connectivity index is 2.22. The Morgan fingerprint density at radius 1 is 1.12 bits per heavy atom. The van der Waals surface area contributed by atoms with Crippen LogP contribution in [-0.2, 0) is 3.79 Å². The Hall–Kier alpha value is -0.450. The highest BCUT2D eigenvalue weighted by molar-refractivity contribution is 6.66. The first-order valence-electron chi connectivity index (χ1n) is 7.87. The van der Waals surface area contributed by atoms with Crippen LogP contribution < -0.4 is 4.74 Å². The summed E-state index contributed by atoms with van der Waals surface area (Å²) < 4.78 is 4.34. The first-order chi connectivity index (χ1) is 11.3. The Labute approximate surface area is 162 Å². The third kappa shape index (κ3) is 5.27. The lowest BCUT2D eigenvalue weighted by Gasteiger charge is -2.18. The third-order valence-corrected chi connectivity index (χ3v) is 4.61. The fourth-order valence-corrected chi connectivity index (χ4v) is 2.90. The Bertz CT molecular complexity index is 684. The summed E-state index contributed by atoms with van der Waals surface area (Å²) in [5, 5.41) is 1.42. The van der Waals surface area contributed by atoms with Crippen LogP contribution in [0, 0.1) is 0 Å². The summed E-state index contributed by atoms with van der Waals surface area (Å²) in [5.74, 6) is 0.628. The average molecular weight is 410 g/mol. The van der Waals surface area contributed by atoms with Gasteiger partial charge in [0.15, 0.2) is 0 Å². The van der Waals surface area contributed by atoms with Gasteiger partial charge in [-0.1, -0.05) is 60.3 Å². The van der Waals surface area contributed by atoms with Gasteiger partial charge in [0.25, 0.3) is 0 Å². The van der Waals surface area contributed by atoms with Crippen molar-refractivity contribution in [3.63, 3.8) is 0 Å². The minimum absolute atomic E-state index is 0.334. The molecule has 0 aliphatic carbocycles. The average Bonchev–Trinajstić information content (AvgIpc) is 2.54. The van der Waals surface area contributed by atoms with Gasteiger partial charge >= 0.3 is 0 Å². The number of hydrogen-bond acceptors (Lipinski definition) is 3. The van der Waals surface area contributed by atoms with Crippen molar-refractivity contribution in [2.45, 2.75) is 24.1 Å². The van der Waals surface area contributed by atoms with Crippen LogP contribution in [0.25, 0.3) is 10.9 Å². The van der Waals surface area contributed by atoms with Crippen LogP contribution in [-0.4, -0.2) is 36.1 Å². The van der Waals surface area contributed by atoms with Crippen molar-refractivity contribution < 1.29 is 4.74 Å². The second kappa shape index (κ2) is 8.77. The highest BCUT2D eigenvalue weighted by atomic mass is 35.6. The number of benzene rings is 1. The zero-order chi connectivity index (χ0) is 17.7. The molecule has 0 bridgehead atoms. The molecule has 3 nitrogen and oxygen atoms in total. The van der Waals surface area contributed by atoms with E-state index in [1.807, 2.05) is 6.07 Å². The second-order valence-corrected chi connectivity index (χ2v) is 8.11. The van der Waals surface area contributed by atoms with Crippen molar-refractivity contribution in [1.29, 1.82) is 0 Å². The van der Waals surface area contributed by atoms with Gasteiger partial charge in [0, 0.05) is 23.0 Å². The number of fused-ring (bicyclic) bond motifs is 1. The number of alkyl halides is 3. The highest BCUT2D eigenvalue weighted by Gasteiger charge is 2.26. The molecule has 132 valence electrons. The summed E-state index contributed by atoms with van der Waals surface area (Å²) in [7, 11) is 0. The molecule has 0 atom stereocenters. The van der Waals surface area contributed by atoms with Crippen LogP contribution in [0.1, 0.15) is 26.0 Å². The van der Waals surface area contributed by atoms with Crippen molar-refractivity contribution >= 4 is 57.3 Å². The second-order valence-electron chi connectivity index (χ2n) is 5.39. The molecule has 1 aromatic heterocycles. The molecule has 0 fully saturated rings. The summed E-state index contributed by atoms with van der Waals surface area (Å²) in [4.78, 5) is 6.73. The first kappa shape index (κ1) is 19.9. The van der Waals surface area contributed by atoms with E-state index < -0.39 is 3.79 Å². The fraction of sp³-hybridized carbons (Fsp3) is 0.471. The third-order valence-electron chi connectivity index (χ3n) is 3.79. The van der Waals surface area contributed by atoms with E-state index in [2.05, 4.69) is 23.7 Å². The van der Waals surface area contributed by atoms with E-state index >= 15 is 0 Å². The lowest BCUT2D eigenvalue weighted by molar-refractivity contribution is 0.250. The number of nitrogens with zero attached hydrogens (tertiary/aromatic N) is 2. The Morgan fingerprint density at radius 2 is 1.83 bits per heavy atom. The van der Waals surface area contributed by atoms with Crippen molar-refractivity contribution in [3.8, 4) is 5.75 Å². The quantitative estimate of drug-likeness (QED) is 0.425. The van der Waals surface area contributed by atoms with Crippen molar-refractivity contribution in [1.82, 2.24) is 9.88 Å². The Morgan fingerprint density at radius 3 is 2.46 bits per heavy atom. The van der Waals surface area contributed by atoms with Crippen LogP contribution in [0.2, 0.25) is 5.02 Å². The van der Waals surface area contributed by atoms with E-state index in [4.69, 9.17) is 51.1 Å². The van der Waals surface area contributed by atoms with Crippen LogP contribution in [0.4, 0.5) is 0 Å². The minimum Gasteiger partial charge on any atom is -0.493 e. The fourth-order valence-electron chi connectivity index (χ4n) is 2.44. The predicted octanol–water partition coefficient (Wildman–Crippen LogP) is 5.83. The monoisotopic (exact) mass is 408 g/mol. The van der Waals surface area contributed by atoms with Gasteiger partial charge < -0.3 is 9.64 Å². The number of hydrogen-bond donors (Lipinski definition) is 0. The molecule has 24 heavy (non-hydrogen) atoms. The molecule has 0 aliphatic heterocycles. The molecule has 1 aromatic carbocycles. The number of halogens is 4. The van der Waals surface area contributed by atoms with Gasteiger partial charge in [-0.05, 0) is 37.7 Å². The van der Waals surface area contributed by atoms with Crippen LogP contribution in [0.3, 0.4) is 0 Å². The van der Waals surface area contributed by atoms with Gasteiger partial charge in [0.1, 0.15) is 5.75 Å². The zero-order valence-corrected chi connectivity index (χ0v) is 16.7. The molecule has 0 spiro atoms. The van der Waals surface area contributed by atoms with Gasteiger partial charge in [-0.15, -0.1) is 0 Å². The lowest BCUT2D eigenvalue weighted by Crippen LogP contribution is -2.25. The van der Waals surface area contributed by atoms with Crippen LogP contribution in [0.5, 0.6) is 5.75 Å². The molecular weight excluding hydrogens is 390 g/mol. The number of rotatable bonds is 7. The molecule has 2 aromatic rings. The van der Waals surface area contributed by atoms with E-state index in [1.54, 1.807) is 18.2 Å². The van der Waals surface area contributed by atoms with Gasteiger partial charge in [0.2, 0.25) is 3.79 Å². The van der Waals surface area contributed by atoms with Gasteiger partial charge in [-0.2, -0.15) is 0 Å². The Kier molecular flexibility index (Phi) is 7.26. The topological polar surface area (TPSA) is 25.4 Å². The zero-order valence-electron chi connectivity index (χ0n) is 13.7. The normalized spacial score (nSPS) is 12.1. The summed E-state index contributed by atoms with van der Waals surface area (Å²) >= 11 is 24.0. The molecule has 0 unspecified atom stereocenters. The molecule has 7 heteroatoms. The predicted molar refractivity (Wildman–Crippen MR) is 104 cm³/mol. The van der Waals surface area contributed by atoms with E-state index in [0.717, 1.165) is 31.4 Å². The number of pyridine rings is 1. The smallest absolute Gasteiger partial charge is 0.232 e.